The zero-order valence-electron chi connectivity index (χ0n) is 21.6. The summed E-state index contributed by atoms with van der Waals surface area (Å²) in [6, 6.07) is 10.6. The van der Waals surface area contributed by atoms with Crippen LogP contribution in [0.2, 0.25) is 0 Å². The molecule has 0 unspecified atom stereocenters. The van der Waals surface area contributed by atoms with Crippen molar-refractivity contribution >= 4 is 5.91 Å². The maximum atomic E-state index is 12.7. The van der Waals surface area contributed by atoms with E-state index in [4.69, 9.17) is 4.84 Å². The number of rotatable bonds is 13. The zero-order valence-corrected chi connectivity index (χ0v) is 21.6. The molecule has 1 aromatic carbocycles. The topological polar surface area (TPSA) is 41.6 Å². The molecule has 0 saturated carbocycles. The molecule has 0 bridgehead atoms. The first-order valence-corrected chi connectivity index (χ1v) is 13.1. The van der Waals surface area contributed by atoms with Gasteiger partial charge in [-0.3, -0.25) is 9.63 Å². The Labute approximate surface area is 197 Å². The molecule has 0 radical (unpaired) electrons. The Kier molecular flexibility index (Phi) is 10.7. The van der Waals surface area contributed by atoms with Crippen LogP contribution >= 0.6 is 0 Å². The van der Waals surface area contributed by atoms with E-state index in [9.17, 15) is 4.79 Å². The van der Waals surface area contributed by atoms with E-state index in [0.717, 1.165) is 38.5 Å². The second kappa shape index (κ2) is 12.7. The molecule has 1 saturated heterocycles. The lowest BCUT2D eigenvalue weighted by Crippen LogP contribution is -2.66. The third-order valence-corrected chi connectivity index (χ3v) is 7.32. The number of hydrogen-bond donors (Lipinski definition) is 1. The van der Waals surface area contributed by atoms with Crippen molar-refractivity contribution in [3.05, 3.63) is 35.9 Å². The molecule has 1 fully saturated rings. The van der Waals surface area contributed by atoms with Gasteiger partial charge >= 0.3 is 0 Å². The Morgan fingerprint density at radius 1 is 1.03 bits per heavy atom. The molecular weight excluding hydrogens is 396 g/mol. The second-order valence-electron chi connectivity index (χ2n) is 10.4. The van der Waals surface area contributed by atoms with E-state index < -0.39 is 0 Å². The maximum absolute atomic E-state index is 12.7. The molecule has 0 spiro atoms. The smallest absolute Gasteiger partial charge is 0.220 e. The van der Waals surface area contributed by atoms with Crippen LogP contribution in [0.4, 0.5) is 0 Å². The van der Waals surface area contributed by atoms with Crippen LogP contribution < -0.4 is 5.32 Å². The van der Waals surface area contributed by atoms with Crippen molar-refractivity contribution in [3.63, 3.8) is 0 Å². The van der Waals surface area contributed by atoms with Crippen LogP contribution in [0, 0.1) is 0 Å². The highest BCUT2D eigenvalue weighted by atomic mass is 16.7. The first-order chi connectivity index (χ1) is 15.3. The number of hydrogen-bond acceptors (Lipinski definition) is 3. The van der Waals surface area contributed by atoms with Gasteiger partial charge < -0.3 is 5.32 Å². The van der Waals surface area contributed by atoms with Gasteiger partial charge in [0.1, 0.15) is 6.10 Å². The largest absolute Gasteiger partial charge is 0.353 e. The molecule has 0 aromatic heterocycles. The molecule has 0 aliphatic carbocycles. The van der Waals surface area contributed by atoms with Crippen LogP contribution in [0.5, 0.6) is 0 Å². The van der Waals surface area contributed by atoms with Gasteiger partial charge in [-0.1, -0.05) is 83.2 Å². The van der Waals surface area contributed by atoms with E-state index in [1.165, 1.54) is 31.2 Å². The number of piperidine rings is 1. The summed E-state index contributed by atoms with van der Waals surface area (Å²) in [5.41, 5.74) is 0.952. The van der Waals surface area contributed by atoms with Crippen molar-refractivity contribution in [1.82, 2.24) is 10.4 Å². The van der Waals surface area contributed by atoms with Crippen molar-refractivity contribution in [2.24, 2.45) is 0 Å². The van der Waals surface area contributed by atoms with Crippen LogP contribution in [0.3, 0.4) is 0 Å². The second-order valence-corrected chi connectivity index (χ2v) is 10.4. The van der Waals surface area contributed by atoms with Gasteiger partial charge in [-0.05, 0) is 58.4 Å². The SMILES string of the molecule is CCCCCCCCC(=O)N[C@@H]1CC(C)(C)N(O[C@H](C)c2ccccc2)C(CC)(CC)C1. The number of benzene rings is 1. The Bertz CT molecular complexity index is 669. The fourth-order valence-electron chi connectivity index (χ4n) is 5.43. The van der Waals surface area contributed by atoms with Gasteiger partial charge in [0.05, 0.1) is 0 Å². The van der Waals surface area contributed by atoms with Gasteiger partial charge in [0.15, 0.2) is 0 Å². The van der Waals surface area contributed by atoms with E-state index in [2.05, 4.69) is 76.2 Å². The maximum Gasteiger partial charge on any atom is 0.220 e. The Morgan fingerprint density at radius 3 is 2.28 bits per heavy atom. The van der Waals surface area contributed by atoms with Crippen LogP contribution in [0.1, 0.15) is 124 Å². The number of amides is 1. The fraction of sp³-hybridized carbons (Fsp3) is 0.750. The first-order valence-electron chi connectivity index (χ1n) is 13.1. The fourth-order valence-corrected chi connectivity index (χ4v) is 5.43. The van der Waals surface area contributed by atoms with Gasteiger partial charge in [0.25, 0.3) is 0 Å². The van der Waals surface area contributed by atoms with Crippen LogP contribution in [-0.2, 0) is 9.63 Å². The van der Waals surface area contributed by atoms with E-state index in [1.54, 1.807) is 0 Å². The van der Waals surface area contributed by atoms with Crippen molar-refractivity contribution in [2.75, 3.05) is 0 Å². The molecule has 182 valence electrons. The van der Waals surface area contributed by atoms with E-state index in [-0.39, 0.29) is 29.1 Å². The predicted molar refractivity (Wildman–Crippen MR) is 134 cm³/mol. The summed E-state index contributed by atoms with van der Waals surface area (Å²) in [5, 5.41) is 5.67. The summed E-state index contributed by atoms with van der Waals surface area (Å²) in [6.07, 6.45) is 11.8. The van der Waals surface area contributed by atoms with E-state index in [0.29, 0.717) is 6.42 Å². The third kappa shape index (κ3) is 7.31. The molecule has 4 nitrogen and oxygen atoms in total. The normalized spacial score (nSPS) is 21.2. The highest BCUT2D eigenvalue weighted by Crippen LogP contribution is 2.44. The quantitative estimate of drug-likeness (QED) is 0.323. The molecule has 1 N–H and O–H groups in total. The van der Waals surface area contributed by atoms with E-state index in [1.807, 2.05) is 6.07 Å². The van der Waals surface area contributed by atoms with Crippen LogP contribution in [-0.4, -0.2) is 28.1 Å². The summed E-state index contributed by atoms with van der Waals surface area (Å²) in [7, 11) is 0. The van der Waals surface area contributed by atoms with Crippen LogP contribution in [0.25, 0.3) is 0 Å². The summed E-state index contributed by atoms with van der Waals surface area (Å²) < 4.78 is 0. The number of nitrogens with one attached hydrogen (secondary N) is 1. The monoisotopic (exact) mass is 444 g/mol. The van der Waals surface area contributed by atoms with E-state index >= 15 is 0 Å². The average molecular weight is 445 g/mol. The summed E-state index contributed by atoms with van der Waals surface area (Å²) >= 11 is 0. The van der Waals surface area contributed by atoms with Crippen LogP contribution in [0.15, 0.2) is 30.3 Å². The van der Waals surface area contributed by atoms with Gasteiger partial charge in [-0.2, -0.15) is 5.06 Å². The van der Waals surface area contributed by atoms with Gasteiger partial charge in [0, 0.05) is 23.5 Å². The van der Waals surface area contributed by atoms with Gasteiger partial charge in [-0.25, -0.2) is 0 Å². The number of nitrogens with zero attached hydrogens (tertiary/aromatic N) is 1. The summed E-state index contributed by atoms with van der Waals surface area (Å²) in [6.45, 7) is 13.4. The molecule has 1 aliphatic heterocycles. The lowest BCUT2D eigenvalue weighted by molar-refractivity contribution is -0.316. The standard InChI is InChI=1S/C28H48N2O2/c1-7-10-11-12-13-17-20-26(31)29-25-21-27(5,6)30(28(8-2,9-3)22-25)32-23(4)24-18-15-14-16-19-24/h14-16,18-19,23,25H,7-13,17,20-22H2,1-6H3,(H,29,31)/t23-,25-/m1/s1. The van der Waals surface area contributed by atoms with Crippen molar-refractivity contribution in [2.45, 2.75) is 135 Å². The minimum atomic E-state index is -0.161. The number of carbonyl (C=O) groups excluding carboxylic acids is 1. The predicted octanol–water partition coefficient (Wildman–Crippen LogP) is 7.35. The molecule has 1 heterocycles. The number of unbranched alkanes of at least 4 members (excludes halogenated alkanes) is 5. The minimum absolute atomic E-state index is 0.00759. The molecule has 1 aliphatic rings. The summed E-state index contributed by atoms with van der Waals surface area (Å²) in [5.74, 6) is 0.217. The Balaban J connectivity index is 2.01. The summed E-state index contributed by atoms with van der Waals surface area (Å²) in [4.78, 5) is 19.4. The molecule has 1 amide bonds. The number of carbonyl (C=O) groups is 1. The minimum Gasteiger partial charge on any atom is -0.353 e. The Hall–Kier alpha value is -1.39. The molecular formula is C28H48N2O2. The lowest BCUT2D eigenvalue weighted by atomic mass is 9.74. The molecule has 1 aromatic rings. The average Bonchev–Trinajstić information content (AvgIpc) is 2.78. The molecule has 2 atom stereocenters. The molecule has 32 heavy (non-hydrogen) atoms. The van der Waals surface area contributed by atoms with Gasteiger partial charge in [0.2, 0.25) is 5.91 Å². The highest BCUT2D eigenvalue weighted by Gasteiger charge is 2.50. The highest BCUT2D eigenvalue weighted by molar-refractivity contribution is 5.76. The first kappa shape index (κ1) is 26.9. The van der Waals surface area contributed by atoms with Gasteiger partial charge in [-0.15, -0.1) is 0 Å². The molecule has 2 rings (SSSR count). The third-order valence-electron chi connectivity index (χ3n) is 7.32. The zero-order chi connectivity index (χ0) is 23.6. The number of hydroxylamine groups is 2. The molecule has 4 heteroatoms. The van der Waals surface area contributed by atoms with Crippen molar-refractivity contribution in [3.8, 4) is 0 Å². The Morgan fingerprint density at radius 2 is 1.66 bits per heavy atom. The van der Waals surface area contributed by atoms with Crippen molar-refractivity contribution < 1.29 is 9.63 Å². The van der Waals surface area contributed by atoms with Crippen molar-refractivity contribution in [1.29, 1.82) is 0 Å². The lowest BCUT2D eigenvalue weighted by Gasteiger charge is -2.57.